The van der Waals surface area contributed by atoms with E-state index in [1.807, 2.05) is 37.4 Å². The van der Waals surface area contributed by atoms with E-state index in [0.717, 1.165) is 11.4 Å². The largest absolute Gasteiger partial charge is 0.492 e. The third-order valence-corrected chi connectivity index (χ3v) is 2.63. The summed E-state index contributed by atoms with van der Waals surface area (Å²) in [5.74, 6) is 0.869. The molecule has 2 rings (SSSR count). The quantitative estimate of drug-likeness (QED) is 0.871. The van der Waals surface area contributed by atoms with Gasteiger partial charge < -0.3 is 10.5 Å². The van der Waals surface area contributed by atoms with Crippen molar-refractivity contribution in [3.8, 4) is 5.75 Å². The lowest BCUT2D eigenvalue weighted by Gasteiger charge is -2.06. The summed E-state index contributed by atoms with van der Waals surface area (Å²) in [5, 5.41) is 7.97. The van der Waals surface area contributed by atoms with E-state index in [1.54, 1.807) is 4.68 Å². The highest BCUT2D eigenvalue weighted by molar-refractivity contribution is 5.26. The maximum Gasteiger partial charge on any atom is 0.119 e. The Kier molecular flexibility index (Phi) is 3.94. The molecule has 2 N–H and O–H groups in total. The van der Waals surface area contributed by atoms with E-state index in [0.29, 0.717) is 13.2 Å². The van der Waals surface area contributed by atoms with Gasteiger partial charge in [-0.25, -0.2) is 4.68 Å². The van der Waals surface area contributed by atoms with Gasteiger partial charge in [0, 0.05) is 6.04 Å². The van der Waals surface area contributed by atoms with Gasteiger partial charge in [-0.1, -0.05) is 22.9 Å². The molecule has 5 nitrogen and oxygen atoms in total. The Morgan fingerprint density at radius 1 is 1.33 bits per heavy atom. The van der Waals surface area contributed by atoms with Crippen LogP contribution >= 0.6 is 0 Å². The molecule has 18 heavy (non-hydrogen) atoms. The molecule has 0 aliphatic rings. The third kappa shape index (κ3) is 3.30. The summed E-state index contributed by atoms with van der Waals surface area (Å²) in [4.78, 5) is 0. The Morgan fingerprint density at radius 2 is 2.06 bits per heavy atom. The van der Waals surface area contributed by atoms with Crippen LogP contribution in [0.5, 0.6) is 5.75 Å². The first-order chi connectivity index (χ1) is 8.65. The van der Waals surface area contributed by atoms with Crippen LogP contribution in [-0.4, -0.2) is 21.6 Å². The van der Waals surface area contributed by atoms with Crippen molar-refractivity contribution in [3.05, 3.63) is 41.7 Å². The van der Waals surface area contributed by atoms with Gasteiger partial charge in [0.1, 0.15) is 12.4 Å². The second-order valence-electron chi connectivity index (χ2n) is 4.36. The van der Waals surface area contributed by atoms with Crippen LogP contribution in [0.15, 0.2) is 30.5 Å². The van der Waals surface area contributed by atoms with Gasteiger partial charge in [0.05, 0.1) is 18.4 Å². The van der Waals surface area contributed by atoms with E-state index in [9.17, 15) is 0 Å². The number of benzene rings is 1. The van der Waals surface area contributed by atoms with Crippen LogP contribution in [-0.2, 0) is 6.54 Å². The lowest BCUT2D eigenvalue weighted by atomic mass is 10.2. The maximum absolute atomic E-state index is 5.71. The summed E-state index contributed by atoms with van der Waals surface area (Å²) in [6, 6.07) is 7.89. The maximum atomic E-state index is 5.71. The molecule has 0 bridgehead atoms. The van der Waals surface area contributed by atoms with Crippen LogP contribution in [0.25, 0.3) is 0 Å². The number of nitrogens with zero attached hydrogens (tertiary/aromatic N) is 3. The number of hydrogen-bond acceptors (Lipinski definition) is 4. The highest BCUT2D eigenvalue weighted by atomic mass is 16.5. The molecule has 0 saturated carbocycles. The van der Waals surface area contributed by atoms with E-state index < -0.39 is 0 Å². The van der Waals surface area contributed by atoms with Crippen LogP contribution in [0.2, 0.25) is 0 Å². The molecule has 1 unspecified atom stereocenters. The van der Waals surface area contributed by atoms with Gasteiger partial charge in [-0.05, 0) is 26.0 Å². The van der Waals surface area contributed by atoms with Gasteiger partial charge in [-0.2, -0.15) is 0 Å². The van der Waals surface area contributed by atoms with Gasteiger partial charge in [0.2, 0.25) is 0 Å². The minimum atomic E-state index is -0.0863. The van der Waals surface area contributed by atoms with Crippen LogP contribution < -0.4 is 10.5 Å². The zero-order chi connectivity index (χ0) is 13.0. The molecule has 0 aliphatic carbocycles. The van der Waals surface area contributed by atoms with E-state index in [2.05, 4.69) is 17.2 Å². The Balaban J connectivity index is 1.82. The standard InChI is InChI=1S/C13H18N4O/c1-10-3-5-12(6-4-10)18-8-7-17-9-13(11(2)14)15-16-17/h3-6,9,11H,7-8,14H2,1-2H3. The first-order valence-corrected chi connectivity index (χ1v) is 6.00. The van der Waals surface area contributed by atoms with Crippen LogP contribution in [0.4, 0.5) is 0 Å². The van der Waals surface area contributed by atoms with Crippen molar-refractivity contribution >= 4 is 0 Å². The molecule has 0 fully saturated rings. The number of ether oxygens (including phenoxy) is 1. The topological polar surface area (TPSA) is 66.0 Å². The average molecular weight is 246 g/mol. The van der Waals surface area contributed by atoms with E-state index in [1.165, 1.54) is 5.56 Å². The van der Waals surface area contributed by atoms with Gasteiger partial charge in [0.25, 0.3) is 0 Å². The fraction of sp³-hybridized carbons (Fsp3) is 0.385. The Labute approximate surface area is 107 Å². The predicted molar refractivity (Wildman–Crippen MR) is 69.3 cm³/mol. The number of hydrogen-bond donors (Lipinski definition) is 1. The highest BCUT2D eigenvalue weighted by Crippen LogP contribution is 2.11. The van der Waals surface area contributed by atoms with Crippen molar-refractivity contribution in [1.82, 2.24) is 15.0 Å². The second-order valence-corrected chi connectivity index (χ2v) is 4.36. The smallest absolute Gasteiger partial charge is 0.119 e. The normalized spacial score (nSPS) is 12.4. The monoisotopic (exact) mass is 246 g/mol. The van der Waals surface area contributed by atoms with Gasteiger partial charge >= 0.3 is 0 Å². The fourth-order valence-corrected chi connectivity index (χ4v) is 1.52. The Hall–Kier alpha value is -1.88. The second kappa shape index (κ2) is 5.64. The molecule has 2 aromatic rings. The zero-order valence-electron chi connectivity index (χ0n) is 10.7. The van der Waals surface area contributed by atoms with Gasteiger partial charge in [0.15, 0.2) is 0 Å². The molecule has 0 radical (unpaired) electrons. The van der Waals surface area contributed by atoms with Crippen LogP contribution in [0, 0.1) is 6.92 Å². The number of nitrogens with two attached hydrogens (primary N) is 1. The molecule has 1 aromatic carbocycles. The summed E-state index contributed by atoms with van der Waals surface area (Å²) in [5.41, 5.74) is 7.73. The first-order valence-electron chi connectivity index (χ1n) is 6.00. The molecule has 96 valence electrons. The molecule has 1 heterocycles. The average Bonchev–Trinajstić information content (AvgIpc) is 2.81. The molecule has 0 spiro atoms. The molecular weight excluding hydrogens is 228 g/mol. The first kappa shape index (κ1) is 12.6. The summed E-state index contributed by atoms with van der Waals surface area (Å²) >= 11 is 0. The van der Waals surface area contributed by atoms with Crippen molar-refractivity contribution in [3.63, 3.8) is 0 Å². The van der Waals surface area contributed by atoms with Crippen molar-refractivity contribution in [2.75, 3.05) is 6.61 Å². The van der Waals surface area contributed by atoms with Crippen molar-refractivity contribution in [2.45, 2.75) is 26.4 Å². The minimum Gasteiger partial charge on any atom is -0.492 e. The molecule has 5 heteroatoms. The predicted octanol–water partition coefficient (Wildman–Crippen LogP) is 1.69. The molecule has 1 aromatic heterocycles. The van der Waals surface area contributed by atoms with Crippen LogP contribution in [0.3, 0.4) is 0 Å². The number of rotatable bonds is 5. The Bertz CT molecular complexity index is 490. The third-order valence-electron chi connectivity index (χ3n) is 2.63. The van der Waals surface area contributed by atoms with Crippen LogP contribution in [0.1, 0.15) is 24.2 Å². The van der Waals surface area contributed by atoms with E-state index in [4.69, 9.17) is 10.5 Å². The molecule has 1 atom stereocenters. The summed E-state index contributed by atoms with van der Waals surface area (Å²) in [6.45, 7) is 5.16. The number of aromatic nitrogens is 3. The molecule has 0 saturated heterocycles. The summed E-state index contributed by atoms with van der Waals surface area (Å²) < 4.78 is 7.36. The van der Waals surface area contributed by atoms with E-state index >= 15 is 0 Å². The zero-order valence-corrected chi connectivity index (χ0v) is 10.7. The van der Waals surface area contributed by atoms with Gasteiger partial charge in [-0.15, -0.1) is 5.10 Å². The van der Waals surface area contributed by atoms with Crippen molar-refractivity contribution in [1.29, 1.82) is 0 Å². The Morgan fingerprint density at radius 3 is 2.67 bits per heavy atom. The minimum absolute atomic E-state index is 0.0863. The lowest BCUT2D eigenvalue weighted by Crippen LogP contribution is -2.09. The summed E-state index contributed by atoms with van der Waals surface area (Å²) in [6.07, 6.45) is 1.85. The van der Waals surface area contributed by atoms with Crippen molar-refractivity contribution < 1.29 is 4.74 Å². The lowest BCUT2D eigenvalue weighted by molar-refractivity contribution is 0.289. The SMILES string of the molecule is Cc1ccc(OCCn2cc(C(C)N)nn2)cc1. The summed E-state index contributed by atoms with van der Waals surface area (Å²) in [7, 11) is 0. The van der Waals surface area contributed by atoms with E-state index in [-0.39, 0.29) is 6.04 Å². The molecule has 0 amide bonds. The highest BCUT2D eigenvalue weighted by Gasteiger charge is 2.04. The van der Waals surface area contributed by atoms with Gasteiger partial charge in [-0.3, -0.25) is 0 Å². The fourth-order valence-electron chi connectivity index (χ4n) is 1.52. The molecule has 0 aliphatic heterocycles. The number of aryl methyl sites for hydroxylation is 1. The van der Waals surface area contributed by atoms with Crippen molar-refractivity contribution in [2.24, 2.45) is 5.73 Å². The molecular formula is C13H18N4O.